The van der Waals surface area contributed by atoms with Crippen molar-refractivity contribution in [1.29, 1.82) is 0 Å². The molecule has 0 atom stereocenters. The van der Waals surface area contributed by atoms with Crippen molar-refractivity contribution >= 4 is 23.2 Å². The van der Waals surface area contributed by atoms with Crippen LogP contribution < -0.4 is 0 Å². The zero-order chi connectivity index (χ0) is 4.99. The molecule has 0 spiro atoms. The van der Waals surface area contributed by atoms with Gasteiger partial charge in [0.25, 0.3) is 0 Å². The van der Waals surface area contributed by atoms with Crippen LogP contribution in [-0.4, -0.2) is 5.88 Å². The van der Waals surface area contributed by atoms with Crippen LogP contribution in [0.3, 0.4) is 0 Å². The summed E-state index contributed by atoms with van der Waals surface area (Å²) in [5, 5.41) is 0. The maximum atomic E-state index is 11.5. The van der Waals surface area contributed by atoms with Crippen LogP contribution >= 0.6 is 23.2 Å². The van der Waals surface area contributed by atoms with Crippen molar-refractivity contribution in [2.24, 2.45) is 0 Å². The van der Waals surface area contributed by atoms with Gasteiger partial charge >= 0.3 is 0 Å². The summed E-state index contributed by atoms with van der Waals surface area (Å²) in [4.78, 5) is 0. The van der Waals surface area contributed by atoms with Gasteiger partial charge in [-0.1, -0.05) is 11.6 Å². The molecule has 0 saturated heterocycles. The van der Waals surface area contributed by atoms with Crippen LogP contribution in [0.15, 0.2) is 11.4 Å². The van der Waals surface area contributed by atoms with Crippen molar-refractivity contribution in [3.8, 4) is 0 Å². The summed E-state index contributed by atoms with van der Waals surface area (Å²) in [6.45, 7) is 0. The van der Waals surface area contributed by atoms with Crippen molar-refractivity contribution < 1.29 is 4.39 Å². The molecule has 0 saturated carbocycles. The first-order chi connectivity index (χ1) is 2.81. The molecule has 0 unspecified atom stereocenters. The number of alkyl halides is 1. The second-order valence-corrected chi connectivity index (χ2v) is 1.18. The van der Waals surface area contributed by atoms with E-state index in [1.165, 1.54) is 0 Å². The Morgan fingerprint density at radius 2 is 2.33 bits per heavy atom. The third-order valence-electron chi connectivity index (χ3n) is 0.246. The standard InChI is InChI=1S/C3H3Cl2F/c4-1-3(6)2-5/h1H,2H2/b3-1+. The van der Waals surface area contributed by atoms with Crippen LogP contribution in [0, 0.1) is 0 Å². The molecule has 0 heterocycles. The van der Waals surface area contributed by atoms with E-state index in [0.717, 1.165) is 5.54 Å². The van der Waals surface area contributed by atoms with Crippen molar-refractivity contribution in [3.05, 3.63) is 11.4 Å². The van der Waals surface area contributed by atoms with Crippen LogP contribution in [0.1, 0.15) is 0 Å². The molecule has 0 radical (unpaired) electrons. The van der Waals surface area contributed by atoms with E-state index in [-0.39, 0.29) is 5.88 Å². The number of hydrogen-bond acceptors (Lipinski definition) is 0. The highest BCUT2D eigenvalue weighted by molar-refractivity contribution is 6.26. The molecule has 36 valence electrons. The minimum atomic E-state index is -0.502. The molecule has 6 heavy (non-hydrogen) atoms. The largest absolute Gasteiger partial charge is 0.210 e. The summed E-state index contributed by atoms with van der Waals surface area (Å²) in [6.07, 6.45) is 0. The van der Waals surface area contributed by atoms with Gasteiger partial charge in [-0.2, -0.15) is 0 Å². The predicted octanol–water partition coefficient (Wildman–Crippen LogP) is 2.27. The Morgan fingerprint density at radius 3 is 2.33 bits per heavy atom. The lowest BCUT2D eigenvalue weighted by Crippen LogP contribution is -1.66. The smallest absolute Gasteiger partial charge is 0.126 e. The lowest BCUT2D eigenvalue weighted by atomic mass is 10.7. The summed E-state index contributed by atoms with van der Waals surface area (Å²) >= 11 is 9.76. The fraction of sp³-hybridized carbons (Fsp3) is 0.333. The van der Waals surface area contributed by atoms with Crippen molar-refractivity contribution in [3.63, 3.8) is 0 Å². The summed E-state index contributed by atoms with van der Waals surface area (Å²) in [5.41, 5.74) is 0.813. The first kappa shape index (κ1) is 6.25. The van der Waals surface area contributed by atoms with Gasteiger partial charge in [0, 0.05) is 5.54 Å². The minimum Gasteiger partial charge on any atom is -0.210 e. The Bertz CT molecular complexity index is 59.8. The molecular formula is C3H3Cl2F. The number of rotatable bonds is 1. The molecule has 0 fully saturated rings. The summed E-state index contributed by atoms with van der Waals surface area (Å²) in [7, 11) is 0. The molecule has 0 N–H and O–H groups in total. The van der Waals surface area contributed by atoms with Gasteiger partial charge in [0.2, 0.25) is 0 Å². The molecule has 0 aliphatic rings. The Labute approximate surface area is 45.6 Å². The van der Waals surface area contributed by atoms with E-state index in [1.807, 2.05) is 0 Å². The van der Waals surface area contributed by atoms with Crippen molar-refractivity contribution in [2.75, 3.05) is 5.88 Å². The molecule has 0 bridgehead atoms. The van der Waals surface area contributed by atoms with E-state index >= 15 is 0 Å². The average molecular weight is 129 g/mol. The molecule has 0 aromatic rings. The van der Waals surface area contributed by atoms with Crippen LogP contribution in [0.4, 0.5) is 4.39 Å². The van der Waals surface area contributed by atoms with Crippen molar-refractivity contribution in [2.45, 2.75) is 0 Å². The number of halogens is 3. The molecule has 0 aromatic carbocycles. The highest BCUT2D eigenvalue weighted by Crippen LogP contribution is 1.98. The van der Waals surface area contributed by atoms with Gasteiger partial charge in [0.1, 0.15) is 5.83 Å². The second kappa shape index (κ2) is 3.44. The van der Waals surface area contributed by atoms with E-state index in [1.54, 1.807) is 0 Å². The van der Waals surface area contributed by atoms with Gasteiger partial charge in [-0.3, -0.25) is 0 Å². The predicted molar refractivity (Wildman–Crippen MR) is 25.8 cm³/mol. The molecular weight excluding hydrogens is 126 g/mol. The minimum absolute atomic E-state index is 0.135. The lowest BCUT2D eigenvalue weighted by Gasteiger charge is -1.76. The average Bonchev–Trinajstić information content (AvgIpc) is 1.65. The van der Waals surface area contributed by atoms with Gasteiger partial charge in [0.15, 0.2) is 0 Å². The zero-order valence-corrected chi connectivity index (χ0v) is 4.43. The Morgan fingerprint density at radius 1 is 1.83 bits per heavy atom. The van der Waals surface area contributed by atoms with Gasteiger partial charge in [-0.05, 0) is 0 Å². The van der Waals surface area contributed by atoms with E-state index in [9.17, 15) is 4.39 Å². The Hall–Kier alpha value is 0.250. The maximum Gasteiger partial charge on any atom is 0.126 e. The van der Waals surface area contributed by atoms with Gasteiger partial charge in [-0.15, -0.1) is 11.6 Å². The SMILES string of the molecule is F/C(=C/Cl)CCl. The first-order valence-electron chi connectivity index (χ1n) is 1.32. The lowest BCUT2D eigenvalue weighted by molar-refractivity contribution is 0.645. The van der Waals surface area contributed by atoms with E-state index < -0.39 is 5.83 Å². The fourth-order valence-corrected chi connectivity index (χ4v) is 0.262. The second-order valence-electron chi connectivity index (χ2n) is 0.690. The van der Waals surface area contributed by atoms with Gasteiger partial charge in [-0.25, -0.2) is 4.39 Å². The van der Waals surface area contributed by atoms with Crippen LogP contribution in [0.25, 0.3) is 0 Å². The van der Waals surface area contributed by atoms with Crippen LogP contribution in [0.5, 0.6) is 0 Å². The summed E-state index contributed by atoms with van der Waals surface area (Å²) in [6, 6.07) is 0. The molecule has 0 aliphatic carbocycles. The van der Waals surface area contributed by atoms with Crippen molar-refractivity contribution in [1.82, 2.24) is 0 Å². The quantitative estimate of drug-likeness (QED) is 0.476. The normalized spacial score (nSPS) is 12.2. The summed E-state index contributed by atoms with van der Waals surface area (Å²) < 4.78 is 11.5. The summed E-state index contributed by atoms with van der Waals surface area (Å²) in [5.74, 6) is -0.637. The highest BCUT2D eigenvalue weighted by Gasteiger charge is 1.83. The molecule has 0 amide bonds. The van der Waals surface area contributed by atoms with E-state index in [2.05, 4.69) is 0 Å². The Kier molecular flexibility index (Phi) is 3.58. The highest BCUT2D eigenvalue weighted by atomic mass is 35.5. The van der Waals surface area contributed by atoms with E-state index in [4.69, 9.17) is 23.2 Å². The van der Waals surface area contributed by atoms with Crippen LogP contribution in [-0.2, 0) is 0 Å². The topological polar surface area (TPSA) is 0 Å². The molecule has 3 heteroatoms. The molecule has 0 aromatic heterocycles. The Balaban J connectivity index is 3.22. The molecule has 0 nitrogen and oxygen atoms in total. The third-order valence-corrected chi connectivity index (χ3v) is 0.738. The van der Waals surface area contributed by atoms with Crippen LogP contribution in [0.2, 0.25) is 0 Å². The monoisotopic (exact) mass is 128 g/mol. The first-order valence-corrected chi connectivity index (χ1v) is 2.29. The number of allylic oxidation sites excluding steroid dienone is 1. The third kappa shape index (κ3) is 2.49. The van der Waals surface area contributed by atoms with Gasteiger partial charge in [0.05, 0.1) is 5.88 Å². The number of hydrogen-bond donors (Lipinski definition) is 0. The molecule has 0 aliphatic heterocycles. The maximum absolute atomic E-state index is 11.5. The zero-order valence-electron chi connectivity index (χ0n) is 2.92. The molecule has 0 rings (SSSR count). The fourth-order valence-electron chi connectivity index (χ4n) is 0.0292. The van der Waals surface area contributed by atoms with E-state index in [0.29, 0.717) is 0 Å². The van der Waals surface area contributed by atoms with Gasteiger partial charge < -0.3 is 0 Å².